The van der Waals surface area contributed by atoms with Gasteiger partial charge in [0.05, 0.1) is 0 Å². The van der Waals surface area contributed by atoms with Gasteiger partial charge in [0.1, 0.15) is 5.78 Å². The number of fused-ring (bicyclic) bond motifs is 5. The number of nitrogens with two attached hydrogens (primary N) is 1. The van der Waals surface area contributed by atoms with Crippen LogP contribution in [-0.4, -0.2) is 11.8 Å². The molecule has 0 aromatic carbocycles. The molecular formula is C21H35NO. The van der Waals surface area contributed by atoms with Crippen molar-refractivity contribution in [2.45, 2.75) is 84.6 Å². The van der Waals surface area contributed by atoms with E-state index >= 15 is 0 Å². The molecule has 2 unspecified atom stereocenters. The lowest BCUT2D eigenvalue weighted by atomic mass is 9.44. The molecule has 130 valence electrons. The largest absolute Gasteiger partial charge is 0.328 e. The second-order valence-corrected chi connectivity index (χ2v) is 9.97. The normalized spacial score (nSPS) is 54.1. The standard InChI is InChI=1S/C21H35NO/c1-13(22)16-9-10-17-15-8-7-14-6-4-5-11-20(14,2)19(15)18(23)12-21(16,17)3/h13-17,19H,4-12,22H2,1-3H3/t13?,14?,15-,16+,17-,19+,20-,21+/m0/s1. The Balaban J connectivity index is 1.69. The van der Waals surface area contributed by atoms with Gasteiger partial charge in [-0.3, -0.25) is 4.79 Å². The molecule has 0 aliphatic heterocycles. The van der Waals surface area contributed by atoms with Crippen molar-refractivity contribution in [3.63, 3.8) is 0 Å². The minimum Gasteiger partial charge on any atom is -0.328 e. The highest BCUT2D eigenvalue weighted by Gasteiger charge is 2.62. The maximum atomic E-state index is 13.4. The summed E-state index contributed by atoms with van der Waals surface area (Å²) in [6, 6.07) is 0.232. The van der Waals surface area contributed by atoms with Gasteiger partial charge in [-0.25, -0.2) is 0 Å². The quantitative estimate of drug-likeness (QED) is 0.770. The number of Topliss-reactive ketones (excluding diaryl/α,β-unsaturated/α-hetero) is 1. The molecule has 0 saturated heterocycles. The summed E-state index contributed by atoms with van der Waals surface area (Å²) in [4.78, 5) is 13.4. The zero-order chi connectivity index (χ0) is 16.4. The highest BCUT2D eigenvalue weighted by Crippen LogP contribution is 2.66. The zero-order valence-electron chi connectivity index (χ0n) is 15.3. The summed E-state index contributed by atoms with van der Waals surface area (Å²) in [5, 5.41) is 0. The SMILES string of the molecule is CC(N)[C@H]1CC[C@H]2[C@@H]3CCC4CCCC[C@]4(C)[C@H]3C(=O)C[C@]12C. The van der Waals surface area contributed by atoms with Crippen LogP contribution in [0.1, 0.15) is 78.6 Å². The molecule has 0 aromatic heterocycles. The van der Waals surface area contributed by atoms with Crippen LogP contribution < -0.4 is 5.73 Å². The van der Waals surface area contributed by atoms with Crippen LogP contribution in [0, 0.1) is 40.4 Å². The molecule has 0 spiro atoms. The summed E-state index contributed by atoms with van der Waals surface area (Å²) in [5.41, 5.74) is 6.82. The summed E-state index contributed by atoms with van der Waals surface area (Å²) >= 11 is 0. The third kappa shape index (κ3) is 2.12. The predicted molar refractivity (Wildman–Crippen MR) is 93.9 cm³/mol. The van der Waals surface area contributed by atoms with Gasteiger partial charge >= 0.3 is 0 Å². The average molecular weight is 318 g/mol. The van der Waals surface area contributed by atoms with Crippen molar-refractivity contribution in [1.82, 2.24) is 0 Å². The fraction of sp³-hybridized carbons (Fsp3) is 0.952. The van der Waals surface area contributed by atoms with Gasteiger partial charge < -0.3 is 5.73 Å². The van der Waals surface area contributed by atoms with Crippen LogP contribution >= 0.6 is 0 Å². The van der Waals surface area contributed by atoms with Crippen molar-refractivity contribution < 1.29 is 4.79 Å². The Labute approximate surface area is 142 Å². The summed E-state index contributed by atoms with van der Waals surface area (Å²) < 4.78 is 0. The van der Waals surface area contributed by atoms with Crippen molar-refractivity contribution in [2.24, 2.45) is 46.2 Å². The molecule has 23 heavy (non-hydrogen) atoms. The van der Waals surface area contributed by atoms with E-state index in [0.29, 0.717) is 29.0 Å². The molecule has 2 N–H and O–H groups in total. The first kappa shape index (κ1) is 16.1. The van der Waals surface area contributed by atoms with Gasteiger partial charge in [0.15, 0.2) is 0 Å². The topological polar surface area (TPSA) is 43.1 Å². The zero-order valence-corrected chi connectivity index (χ0v) is 15.3. The molecule has 2 nitrogen and oxygen atoms in total. The summed E-state index contributed by atoms with van der Waals surface area (Å²) in [6.45, 7) is 7.04. The minimum atomic E-state index is 0.185. The summed E-state index contributed by atoms with van der Waals surface area (Å²) in [6.07, 6.45) is 11.5. The molecule has 0 heterocycles. The Bertz CT molecular complexity index is 500. The molecule has 0 radical (unpaired) electrons. The van der Waals surface area contributed by atoms with E-state index in [-0.39, 0.29) is 11.5 Å². The summed E-state index contributed by atoms with van der Waals surface area (Å²) in [7, 11) is 0. The van der Waals surface area contributed by atoms with Crippen molar-refractivity contribution in [1.29, 1.82) is 0 Å². The van der Waals surface area contributed by atoms with Gasteiger partial charge in [0, 0.05) is 18.4 Å². The van der Waals surface area contributed by atoms with Gasteiger partial charge in [0.2, 0.25) is 0 Å². The lowest BCUT2D eigenvalue weighted by Gasteiger charge is -2.59. The maximum absolute atomic E-state index is 13.4. The van der Waals surface area contributed by atoms with E-state index in [1.165, 1.54) is 51.4 Å². The van der Waals surface area contributed by atoms with Gasteiger partial charge in [-0.2, -0.15) is 0 Å². The fourth-order valence-electron chi connectivity index (χ4n) is 8.01. The van der Waals surface area contributed by atoms with E-state index in [9.17, 15) is 4.79 Å². The fourth-order valence-corrected chi connectivity index (χ4v) is 8.01. The molecule has 0 amide bonds. The number of rotatable bonds is 1. The Hall–Kier alpha value is -0.370. The number of carbonyl (C=O) groups excluding carboxylic acids is 1. The van der Waals surface area contributed by atoms with E-state index < -0.39 is 0 Å². The first-order valence-electron chi connectivity index (χ1n) is 10.2. The van der Waals surface area contributed by atoms with Crippen molar-refractivity contribution in [3.8, 4) is 0 Å². The van der Waals surface area contributed by atoms with E-state index in [0.717, 1.165) is 18.3 Å². The molecule has 0 bridgehead atoms. The van der Waals surface area contributed by atoms with Crippen molar-refractivity contribution in [2.75, 3.05) is 0 Å². The first-order chi connectivity index (χ1) is 10.9. The van der Waals surface area contributed by atoms with Crippen LogP contribution in [-0.2, 0) is 4.79 Å². The maximum Gasteiger partial charge on any atom is 0.137 e. The lowest BCUT2D eigenvalue weighted by Crippen LogP contribution is -2.57. The molecule has 8 atom stereocenters. The smallest absolute Gasteiger partial charge is 0.137 e. The van der Waals surface area contributed by atoms with Gasteiger partial charge in [-0.05, 0) is 80.0 Å². The van der Waals surface area contributed by atoms with E-state index in [4.69, 9.17) is 5.73 Å². The molecule has 4 saturated carbocycles. The van der Waals surface area contributed by atoms with Crippen molar-refractivity contribution in [3.05, 3.63) is 0 Å². The monoisotopic (exact) mass is 317 g/mol. The Morgan fingerprint density at radius 1 is 1.04 bits per heavy atom. The van der Waals surface area contributed by atoms with Gasteiger partial charge in [-0.1, -0.05) is 26.7 Å². The number of hydrogen-bond donors (Lipinski definition) is 1. The van der Waals surface area contributed by atoms with Crippen LogP contribution in [0.4, 0.5) is 0 Å². The second-order valence-electron chi connectivity index (χ2n) is 9.97. The van der Waals surface area contributed by atoms with E-state index in [2.05, 4.69) is 20.8 Å². The predicted octanol–water partition coefficient (Wildman–Crippen LogP) is 4.56. The molecular weight excluding hydrogens is 282 g/mol. The minimum absolute atomic E-state index is 0.185. The molecule has 4 rings (SSSR count). The van der Waals surface area contributed by atoms with Gasteiger partial charge in [0.25, 0.3) is 0 Å². The molecule has 4 aliphatic rings. The molecule has 4 aliphatic carbocycles. The highest BCUT2D eigenvalue weighted by molar-refractivity contribution is 5.84. The number of hydrogen-bond acceptors (Lipinski definition) is 2. The summed E-state index contributed by atoms with van der Waals surface area (Å²) in [5.74, 6) is 3.75. The van der Waals surface area contributed by atoms with E-state index in [1.54, 1.807) is 0 Å². The average Bonchev–Trinajstić information content (AvgIpc) is 2.82. The van der Waals surface area contributed by atoms with E-state index in [1.807, 2.05) is 0 Å². The van der Waals surface area contributed by atoms with Crippen LogP contribution in [0.3, 0.4) is 0 Å². The molecule has 4 fully saturated rings. The third-order valence-corrected chi connectivity index (χ3v) is 8.97. The highest BCUT2D eigenvalue weighted by atomic mass is 16.1. The van der Waals surface area contributed by atoms with Gasteiger partial charge in [-0.15, -0.1) is 0 Å². The van der Waals surface area contributed by atoms with Crippen LogP contribution in [0.2, 0.25) is 0 Å². The van der Waals surface area contributed by atoms with Crippen LogP contribution in [0.25, 0.3) is 0 Å². The molecule has 2 heteroatoms. The van der Waals surface area contributed by atoms with Crippen LogP contribution in [0.15, 0.2) is 0 Å². The Kier molecular flexibility index (Phi) is 3.72. The first-order valence-corrected chi connectivity index (χ1v) is 10.2. The Morgan fingerprint density at radius 3 is 2.57 bits per heavy atom. The lowest BCUT2D eigenvalue weighted by molar-refractivity contribution is -0.157. The Morgan fingerprint density at radius 2 is 1.83 bits per heavy atom. The third-order valence-electron chi connectivity index (χ3n) is 8.97. The number of ketones is 1. The molecule has 0 aromatic rings. The van der Waals surface area contributed by atoms with Crippen molar-refractivity contribution >= 4 is 5.78 Å². The van der Waals surface area contributed by atoms with Crippen LogP contribution in [0.5, 0.6) is 0 Å². The second kappa shape index (κ2) is 5.31. The number of carbonyl (C=O) groups is 1.